The van der Waals surface area contributed by atoms with E-state index in [-0.39, 0.29) is 12.0 Å². The zero-order valence-electron chi connectivity index (χ0n) is 13.0. The third-order valence-electron chi connectivity index (χ3n) is 4.26. The highest BCUT2D eigenvalue weighted by Gasteiger charge is 2.25. The molecule has 1 saturated carbocycles. The number of carbonyl (C=O) groups excluding carboxylic acids is 1. The molecule has 116 valence electrons. The maximum absolute atomic E-state index is 12.2. The minimum atomic E-state index is -0.428. The lowest BCUT2D eigenvalue weighted by molar-refractivity contribution is -0.131. The molecule has 1 aliphatic carbocycles. The van der Waals surface area contributed by atoms with Gasteiger partial charge >= 0.3 is 0 Å². The first-order valence-electron chi connectivity index (χ1n) is 7.90. The minimum absolute atomic E-state index is 0.0987. The molecule has 3 unspecified atom stereocenters. The average Bonchev–Trinajstić information content (AvgIpc) is 2.49. The zero-order chi connectivity index (χ0) is 15.2. The van der Waals surface area contributed by atoms with E-state index in [1.54, 1.807) is 24.3 Å². The highest BCUT2D eigenvalue weighted by Crippen LogP contribution is 2.29. The number of ether oxygens (including phenoxy) is 1. The Labute approximate surface area is 127 Å². The molecule has 1 amide bonds. The Morgan fingerprint density at radius 1 is 1.38 bits per heavy atom. The largest absolute Gasteiger partial charge is 0.399 e. The van der Waals surface area contributed by atoms with Crippen molar-refractivity contribution in [1.82, 2.24) is 0 Å². The number of nitrogen functional groups attached to an aromatic ring is 1. The van der Waals surface area contributed by atoms with Crippen LogP contribution in [0.2, 0.25) is 0 Å². The first-order valence-corrected chi connectivity index (χ1v) is 7.90. The van der Waals surface area contributed by atoms with Crippen LogP contribution in [0.15, 0.2) is 24.3 Å². The topological polar surface area (TPSA) is 64.3 Å². The van der Waals surface area contributed by atoms with Gasteiger partial charge in [-0.3, -0.25) is 4.79 Å². The summed E-state index contributed by atoms with van der Waals surface area (Å²) in [5, 5.41) is 2.86. The molecule has 1 fully saturated rings. The molecule has 3 atom stereocenters. The van der Waals surface area contributed by atoms with E-state index in [4.69, 9.17) is 10.5 Å². The van der Waals surface area contributed by atoms with Crippen molar-refractivity contribution in [3.8, 4) is 0 Å². The van der Waals surface area contributed by atoms with Crippen LogP contribution in [0.4, 0.5) is 11.4 Å². The van der Waals surface area contributed by atoms with Crippen molar-refractivity contribution in [1.29, 1.82) is 0 Å². The lowest BCUT2D eigenvalue weighted by Gasteiger charge is -2.30. The van der Waals surface area contributed by atoms with Crippen molar-refractivity contribution in [2.45, 2.75) is 58.2 Å². The van der Waals surface area contributed by atoms with Crippen LogP contribution in [0.25, 0.3) is 0 Å². The Morgan fingerprint density at radius 3 is 2.76 bits per heavy atom. The molecule has 0 spiro atoms. The number of anilines is 2. The van der Waals surface area contributed by atoms with Crippen LogP contribution >= 0.6 is 0 Å². The molecule has 0 aliphatic heterocycles. The molecule has 1 aliphatic rings. The molecular weight excluding hydrogens is 264 g/mol. The number of hydrogen-bond acceptors (Lipinski definition) is 3. The van der Waals surface area contributed by atoms with Crippen molar-refractivity contribution in [3.63, 3.8) is 0 Å². The molecule has 21 heavy (non-hydrogen) atoms. The van der Waals surface area contributed by atoms with Crippen LogP contribution in [0, 0.1) is 5.92 Å². The fraction of sp³-hybridized carbons (Fsp3) is 0.588. The number of amides is 1. The number of carbonyl (C=O) groups is 1. The molecule has 1 aromatic rings. The van der Waals surface area contributed by atoms with Gasteiger partial charge in [0, 0.05) is 11.4 Å². The van der Waals surface area contributed by atoms with E-state index in [0.29, 0.717) is 5.69 Å². The molecule has 4 heteroatoms. The quantitative estimate of drug-likeness (QED) is 0.815. The van der Waals surface area contributed by atoms with Crippen molar-refractivity contribution < 1.29 is 9.53 Å². The monoisotopic (exact) mass is 290 g/mol. The zero-order valence-corrected chi connectivity index (χ0v) is 13.0. The van der Waals surface area contributed by atoms with E-state index in [2.05, 4.69) is 12.2 Å². The summed E-state index contributed by atoms with van der Waals surface area (Å²) in [5.74, 6) is 0.648. The lowest BCUT2D eigenvalue weighted by Crippen LogP contribution is -2.33. The first-order chi connectivity index (χ1) is 10.1. The van der Waals surface area contributed by atoms with Gasteiger partial charge in [0.15, 0.2) is 0 Å². The number of nitrogens with one attached hydrogen (secondary N) is 1. The molecule has 3 N–H and O–H groups in total. The summed E-state index contributed by atoms with van der Waals surface area (Å²) in [5.41, 5.74) is 7.06. The Hall–Kier alpha value is -1.55. The molecule has 1 aromatic carbocycles. The van der Waals surface area contributed by atoms with Crippen molar-refractivity contribution in [3.05, 3.63) is 24.3 Å². The first kappa shape index (κ1) is 15.8. The van der Waals surface area contributed by atoms with Crippen molar-refractivity contribution >= 4 is 17.3 Å². The fourth-order valence-electron chi connectivity index (χ4n) is 2.90. The number of nitrogens with two attached hydrogens (primary N) is 1. The van der Waals surface area contributed by atoms with Gasteiger partial charge in [-0.05, 0) is 49.9 Å². The van der Waals surface area contributed by atoms with Crippen LogP contribution in [0.1, 0.15) is 46.0 Å². The van der Waals surface area contributed by atoms with Crippen LogP contribution in [0.5, 0.6) is 0 Å². The summed E-state index contributed by atoms with van der Waals surface area (Å²) < 4.78 is 5.94. The highest BCUT2D eigenvalue weighted by molar-refractivity contribution is 5.94. The lowest BCUT2D eigenvalue weighted by atomic mass is 9.85. The van der Waals surface area contributed by atoms with Gasteiger partial charge < -0.3 is 15.8 Å². The summed E-state index contributed by atoms with van der Waals surface area (Å²) >= 11 is 0. The van der Waals surface area contributed by atoms with Gasteiger partial charge in [0.2, 0.25) is 0 Å². The number of rotatable bonds is 5. The fourth-order valence-corrected chi connectivity index (χ4v) is 2.90. The maximum atomic E-state index is 12.2. The van der Waals surface area contributed by atoms with E-state index in [9.17, 15) is 4.79 Å². The normalized spacial score (nSPS) is 23.5. The third kappa shape index (κ3) is 4.74. The highest BCUT2D eigenvalue weighted by atomic mass is 16.5. The van der Waals surface area contributed by atoms with E-state index >= 15 is 0 Å². The summed E-state index contributed by atoms with van der Waals surface area (Å²) in [6.45, 7) is 4.05. The van der Waals surface area contributed by atoms with Gasteiger partial charge in [0.05, 0.1) is 6.10 Å². The predicted molar refractivity (Wildman–Crippen MR) is 86.1 cm³/mol. The Kier molecular flexibility index (Phi) is 5.62. The van der Waals surface area contributed by atoms with Crippen LogP contribution in [-0.2, 0) is 9.53 Å². The molecule has 0 radical (unpaired) electrons. The molecule has 0 heterocycles. The van der Waals surface area contributed by atoms with Crippen LogP contribution in [0.3, 0.4) is 0 Å². The van der Waals surface area contributed by atoms with E-state index in [0.717, 1.165) is 24.4 Å². The Balaban J connectivity index is 1.83. The molecule has 2 rings (SSSR count). The second kappa shape index (κ2) is 7.46. The molecular formula is C17H26N2O2. The van der Waals surface area contributed by atoms with E-state index in [1.807, 2.05) is 6.92 Å². The van der Waals surface area contributed by atoms with Gasteiger partial charge in [0.25, 0.3) is 5.91 Å². The summed E-state index contributed by atoms with van der Waals surface area (Å²) in [6.07, 6.45) is 5.63. The summed E-state index contributed by atoms with van der Waals surface area (Å²) in [4.78, 5) is 12.2. The molecule has 0 bridgehead atoms. The SMILES string of the molecule is CCC1CCCC(OC(C)C(=O)Nc2ccc(N)cc2)C1. The minimum Gasteiger partial charge on any atom is -0.399 e. The number of hydrogen-bond donors (Lipinski definition) is 2. The predicted octanol–water partition coefficient (Wildman–Crippen LogP) is 3.58. The second-order valence-electron chi connectivity index (χ2n) is 5.95. The van der Waals surface area contributed by atoms with Crippen LogP contribution in [-0.4, -0.2) is 18.1 Å². The van der Waals surface area contributed by atoms with Crippen molar-refractivity contribution in [2.24, 2.45) is 5.92 Å². The summed E-state index contributed by atoms with van der Waals surface area (Å²) in [7, 11) is 0. The van der Waals surface area contributed by atoms with Gasteiger partial charge in [-0.25, -0.2) is 0 Å². The Morgan fingerprint density at radius 2 is 2.10 bits per heavy atom. The van der Waals surface area contributed by atoms with Crippen molar-refractivity contribution in [2.75, 3.05) is 11.1 Å². The maximum Gasteiger partial charge on any atom is 0.253 e. The third-order valence-corrected chi connectivity index (χ3v) is 4.26. The van der Waals surface area contributed by atoms with Crippen LogP contribution < -0.4 is 11.1 Å². The molecule has 0 saturated heterocycles. The average molecular weight is 290 g/mol. The smallest absolute Gasteiger partial charge is 0.253 e. The van der Waals surface area contributed by atoms with E-state index < -0.39 is 6.10 Å². The Bertz CT molecular complexity index is 458. The second-order valence-corrected chi connectivity index (χ2v) is 5.95. The number of benzene rings is 1. The molecule has 4 nitrogen and oxygen atoms in total. The standard InChI is InChI=1S/C17H26N2O2/c1-3-13-5-4-6-16(11-13)21-12(2)17(20)19-15-9-7-14(18)8-10-15/h7-10,12-13,16H,3-6,11,18H2,1-2H3,(H,19,20). The van der Waals surface area contributed by atoms with Gasteiger partial charge in [-0.1, -0.05) is 26.2 Å². The van der Waals surface area contributed by atoms with E-state index in [1.165, 1.54) is 19.3 Å². The van der Waals surface area contributed by atoms with Gasteiger partial charge in [0.1, 0.15) is 6.10 Å². The van der Waals surface area contributed by atoms with Gasteiger partial charge in [-0.2, -0.15) is 0 Å². The summed E-state index contributed by atoms with van der Waals surface area (Å²) in [6, 6.07) is 7.14. The molecule has 0 aromatic heterocycles. The van der Waals surface area contributed by atoms with Gasteiger partial charge in [-0.15, -0.1) is 0 Å².